The molecule has 90 valence electrons. The molecule has 1 aliphatic rings. The summed E-state index contributed by atoms with van der Waals surface area (Å²) in [5.41, 5.74) is 0. The summed E-state index contributed by atoms with van der Waals surface area (Å²) in [5.74, 6) is 2.69. The zero-order valence-corrected chi connectivity index (χ0v) is 11.1. The van der Waals surface area contributed by atoms with Gasteiger partial charge in [-0.05, 0) is 30.7 Å². The Hall–Kier alpha value is -0.0400. The van der Waals surface area contributed by atoms with Gasteiger partial charge >= 0.3 is 0 Å². The Morgan fingerprint density at radius 3 is 2.33 bits per heavy atom. The van der Waals surface area contributed by atoms with Crippen molar-refractivity contribution in [3.63, 3.8) is 0 Å². The average molecular weight is 211 g/mol. The van der Waals surface area contributed by atoms with Crippen LogP contribution in [0.1, 0.15) is 59.8 Å². The predicted molar refractivity (Wildman–Crippen MR) is 68.0 cm³/mol. The summed E-state index contributed by atoms with van der Waals surface area (Å²) < 4.78 is 0. The first-order valence-corrected chi connectivity index (χ1v) is 6.94. The Balaban J connectivity index is 2.61. The molecule has 1 heteroatoms. The summed E-state index contributed by atoms with van der Waals surface area (Å²) in [6.07, 6.45) is 7.21. The molecular weight excluding hydrogens is 182 g/mol. The van der Waals surface area contributed by atoms with Gasteiger partial charge in [-0.2, -0.15) is 0 Å². The number of hydrogen-bond donors (Lipinski definition) is 1. The molecule has 1 aliphatic carbocycles. The van der Waals surface area contributed by atoms with E-state index < -0.39 is 0 Å². The molecule has 1 N–H and O–H groups in total. The lowest BCUT2D eigenvalue weighted by molar-refractivity contribution is 0.148. The minimum atomic E-state index is 0.750. The fourth-order valence-corrected chi connectivity index (χ4v) is 3.33. The third-order valence-electron chi connectivity index (χ3n) is 4.11. The zero-order chi connectivity index (χ0) is 11.3. The van der Waals surface area contributed by atoms with E-state index in [1.54, 1.807) is 0 Å². The van der Waals surface area contributed by atoms with Gasteiger partial charge in [-0.1, -0.05) is 53.4 Å². The van der Waals surface area contributed by atoms with Gasteiger partial charge < -0.3 is 5.32 Å². The van der Waals surface area contributed by atoms with E-state index in [4.69, 9.17) is 0 Å². The molecule has 0 amide bonds. The Bertz CT molecular complexity index is 165. The number of nitrogens with one attached hydrogen (secondary N) is 1. The third-order valence-corrected chi connectivity index (χ3v) is 4.11. The second-order valence-corrected chi connectivity index (χ2v) is 5.44. The normalized spacial score (nSPS) is 29.4. The van der Waals surface area contributed by atoms with Crippen molar-refractivity contribution in [1.29, 1.82) is 0 Å². The lowest BCUT2D eigenvalue weighted by Crippen LogP contribution is -2.44. The second kappa shape index (κ2) is 6.52. The molecule has 0 aromatic carbocycles. The lowest BCUT2D eigenvalue weighted by Gasteiger charge is -2.39. The van der Waals surface area contributed by atoms with E-state index in [2.05, 4.69) is 33.0 Å². The molecular formula is C14H29N. The molecule has 3 atom stereocenters. The van der Waals surface area contributed by atoms with Gasteiger partial charge in [-0.25, -0.2) is 0 Å². The van der Waals surface area contributed by atoms with Crippen molar-refractivity contribution in [2.75, 3.05) is 6.54 Å². The van der Waals surface area contributed by atoms with Gasteiger partial charge in [0.1, 0.15) is 0 Å². The fourth-order valence-electron chi connectivity index (χ4n) is 3.33. The van der Waals surface area contributed by atoms with Crippen LogP contribution in [0.3, 0.4) is 0 Å². The Morgan fingerprint density at radius 2 is 1.80 bits per heavy atom. The van der Waals surface area contributed by atoms with Crippen LogP contribution in [-0.2, 0) is 0 Å². The van der Waals surface area contributed by atoms with Crippen molar-refractivity contribution in [1.82, 2.24) is 5.32 Å². The van der Waals surface area contributed by atoms with E-state index in [0.717, 1.165) is 30.3 Å². The zero-order valence-electron chi connectivity index (χ0n) is 11.1. The number of rotatable bonds is 5. The first-order valence-electron chi connectivity index (χ1n) is 6.94. The maximum atomic E-state index is 3.72. The summed E-state index contributed by atoms with van der Waals surface area (Å²) in [6.45, 7) is 10.5. The minimum absolute atomic E-state index is 0.750. The van der Waals surface area contributed by atoms with Crippen molar-refractivity contribution in [2.45, 2.75) is 65.8 Å². The molecule has 0 aromatic heterocycles. The molecule has 3 unspecified atom stereocenters. The van der Waals surface area contributed by atoms with Crippen molar-refractivity contribution >= 4 is 0 Å². The lowest BCUT2D eigenvalue weighted by atomic mass is 9.71. The van der Waals surface area contributed by atoms with E-state index in [0.29, 0.717) is 0 Å². The number of hydrogen-bond acceptors (Lipinski definition) is 1. The van der Waals surface area contributed by atoms with Crippen LogP contribution in [0.15, 0.2) is 0 Å². The van der Waals surface area contributed by atoms with Crippen LogP contribution in [0.25, 0.3) is 0 Å². The van der Waals surface area contributed by atoms with Crippen molar-refractivity contribution in [3.05, 3.63) is 0 Å². The topological polar surface area (TPSA) is 12.0 Å². The largest absolute Gasteiger partial charge is 0.314 e. The first-order chi connectivity index (χ1) is 7.20. The third kappa shape index (κ3) is 3.48. The van der Waals surface area contributed by atoms with Gasteiger partial charge in [0.15, 0.2) is 0 Å². The van der Waals surface area contributed by atoms with E-state index >= 15 is 0 Å². The van der Waals surface area contributed by atoms with E-state index in [1.165, 1.54) is 32.1 Å². The smallest absolute Gasteiger partial charge is 0.0121 e. The monoisotopic (exact) mass is 211 g/mol. The van der Waals surface area contributed by atoms with Crippen molar-refractivity contribution in [3.8, 4) is 0 Å². The Kier molecular flexibility index (Phi) is 5.66. The van der Waals surface area contributed by atoms with Crippen LogP contribution in [0.2, 0.25) is 0 Å². The van der Waals surface area contributed by atoms with E-state index in [-0.39, 0.29) is 0 Å². The van der Waals surface area contributed by atoms with Gasteiger partial charge in [0, 0.05) is 6.04 Å². The Morgan fingerprint density at radius 1 is 1.13 bits per heavy atom. The molecule has 0 saturated heterocycles. The minimum Gasteiger partial charge on any atom is -0.314 e. The van der Waals surface area contributed by atoms with Crippen LogP contribution < -0.4 is 5.32 Å². The van der Waals surface area contributed by atoms with Crippen LogP contribution in [0.4, 0.5) is 0 Å². The summed E-state index contributed by atoms with van der Waals surface area (Å²) >= 11 is 0. The molecule has 0 heterocycles. The highest BCUT2D eigenvalue weighted by Gasteiger charge is 2.31. The Labute approximate surface area is 96.0 Å². The van der Waals surface area contributed by atoms with Gasteiger partial charge in [0.25, 0.3) is 0 Å². The molecule has 1 fully saturated rings. The molecule has 1 saturated carbocycles. The fraction of sp³-hybridized carbons (Fsp3) is 1.00. The molecule has 1 rings (SSSR count). The molecule has 1 nitrogen and oxygen atoms in total. The highest BCUT2D eigenvalue weighted by molar-refractivity contribution is 4.86. The average Bonchev–Trinajstić information content (AvgIpc) is 2.25. The standard InChI is InChI=1S/C14H29N/c1-5-12-9-7-8-10-13(12)14(11(3)4)15-6-2/h11-15H,5-10H2,1-4H3. The molecule has 0 aromatic rings. The summed E-state index contributed by atoms with van der Waals surface area (Å²) in [7, 11) is 0. The summed E-state index contributed by atoms with van der Waals surface area (Å²) in [4.78, 5) is 0. The van der Waals surface area contributed by atoms with Crippen LogP contribution in [-0.4, -0.2) is 12.6 Å². The van der Waals surface area contributed by atoms with Crippen molar-refractivity contribution < 1.29 is 0 Å². The second-order valence-electron chi connectivity index (χ2n) is 5.44. The van der Waals surface area contributed by atoms with Crippen LogP contribution in [0.5, 0.6) is 0 Å². The molecule has 15 heavy (non-hydrogen) atoms. The molecule has 0 bridgehead atoms. The van der Waals surface area contributed by atoms with Gasteiger partial charge in [0.05, 0.1) is 0 Å². The quantitative estimate of drug-likeness (QED) is 0.728. The van der Waals surface area contributed by atoms with Crippen LogP contribution in [0, 0.1) is 17.8 Å². The summed E-state index contributed by atoms with van der Waals surface area (Å²) in [5, 5.41) is 3.72. The van der Waals surface area contributed by atoms with E-state index in [9.17, 15) is 0 Å². The van der Waals surface area contributed by atoms with Gasteiger partial charge in [0.2, 0.25) is 0 Å². The molecule has 0 aliphatic heterocycles. The highest BCUT2D eigenvalue weighted by Crippen LogP contribution is 2.36. The van der Waals surface area contributed by atoms with E-state index in [1.807, 2.05) is 0 Å². The van der Waals surface area contributed by atoms with Gasteiger partial charge in [-0.15, -0.1) is 0 Å². The maximum Gasteiger partial charge on any atom is 0.0121 e. The predicted octanol–water partition coefficient (Wildman–Crippen LogP) is 3.84. The SMILES string of the molecule is CCNC(C(C)C)C1CCCCC1CC. The molecule has 0 spiro atoms. The maximum absolute atomic E-state index is 3.72. The first kappa shape index (κ1) is 13.0. The van der Waals surface area contributed by atoms with Gasteiger partial charge in [-0.3, -0.25) is 0 Å². The van der Waals surface area contributed by atoms with Crippen LogP contribution >= 0.6 is 0 Å². The highest BCUT2D eigenvalue weighted by atomic mass is 14.9. The van der Waals surface area contributed by atoms with Crippen molar-refractivity contribution in [2.24, 2.45) is 17.8 Å². The summed E-state index contributed by atoms with van der Waals surface area (Å²) in [6, 6.07) is 0.750. The molecule has 0 radical (unpaired) electrons.